The molecule has 0 spiro atoms. The van der Waals surface area contributed by atoms with Gasteiger partial charge in [0.05, 0.1) is 12.2 Å². The molecule has 178 valence electrons. The topological polar surface area (TPSA) is 100 Å². The van der Waals surface area contributed by atoms with E-state index in [1.54, 1.807) is 9.88 Å². The lowest BCUT2D eigenvalue weighted by Crippen LogP contribution is -2.60. The summed E-state index contributed by atoms with van der Waals surface area (Å²) >= 11 is 0. The number of hydrogen-bond donors (Lipinski definition) is 3. The second-order valence-corrected chi connectivity index (χ2v) is 8.24. The van der Waals surface area contributed by atoms with Crippen molar-refractivity contribution in [3.05, 3.63) is 52.1 Å². The molecule has 2 heterocycles. The fourth-order valence-corrected chi connectivity index (χ4v) is 3.85. The fraction of sp³-hybridized carbons (Fsp3) is 0.409. The number of ketones is 1. The van der Waals surface area contributed by atoms with Crippen LogP contribution in [-0.4, -0.2) is 45.6 Å². The summed E-state index contributed by atoms with van der Waals surface area (Å²) in [6, 6.07) is 4.00. The van der Waals surface area contributed by atoms with Crippen molar-refractivity contribution in [1.82, 2.24) is 9.88 Å². The van der Waals surface area contributed by atoms with Gasteiger partial charge in [0.25, 0.3) is 17.6 Å². The number of aliphatic hydroxyl groups is 1. The molecule has 3 N–H and O–H groups in total. The van der Waals surface area contributed by atoms with Crippen LogP contribution in [0.2, 0.25) is 0 Å². The van der Waals surface area contributed by atoms with Gasteiger partial charge in [0.15, 0.2) is 5.54 Å². The molecule has 0 fully saturated rings. The van der Waals surface area contributed by atoms with Gasteiger partial charge < -0.3 is 20.3 Å². The number of alkyl halides is 3. The Kier molecular flexibility index (Phi) is 6.38. The van der Waals surface area contributed by atoms with Crippen molar-refractivity contribution >= 4 is 23.3 Å². The number of benzene rings is 1. The highest BCUT2D eigenvalue weighted by Crippen LogP contribution is 2.32. The van der Waals surface area contributed by atoms with Crippen LogP contribution in [-0.2, 0) is 17.8 Å². The standard InChI is InChI=1S/C22H23F4N3O4/c1-11-9-13(6-7-14(11)23)27-19(32)17-12(2)16(15-5-4-8-29(15)17)18(31)20(33)28-21(3,10-30)22(24,25)26/h6-7,9,30H,4-5,8,10H2,1-3H3,(H,27,32)(H,28,33)/t21-/m1/s1. The molecule has 2 aromatic rings. The highest BCUT2D eigenvalue weighted by atomic mass is 19.4. The number of nitrogens with one attached hydrogen (secondary N) is 2. The van der Waals surface area contributed by atoms with Crippen LogP contribution in [0, 0.1) is 19.7 Å². The summed E-state index contributed by atoms with van der Waals surface area (Å²) in [6.07, 6.45) is -4.06. The molecule has 0 aliphatic carbocycles. The zero-order chi connectivity index (χ0) is 24.7. The predicted octanol–water partition coefficient (Wildman–Crippen LogP) is 3.05. The molecule has 2 amide bonds. The van der Waals surface area contributed by atoms with Crippen LogP contribution in [0.3, 0.4) is 0 Å². The van der Waals surface area contributed by atoms with E-state index in [0.29, 0.717) is 43.3 Å². The Bertz CT molecular complexity index is 1140. The minimum Gasteiger partial charge on any atom is -0.394 e. The zero-order valence-corrected chi connectivity index (χ0v) is 18.2. The molecule has 0 saturated heterocycles. The van der Waals surface area contributed by atoms with Crippen molar-refractivity contribution in [2.75, 3.05) is 11.9 Å². The number of halogens is 4. The minimum absolute atomic E-state index is 0.0985. The van der Waals surface area contributed by atoms with Gasteiger partial charge in [-0.2, -0.15) is 13.2 Å². The van der Waals surface area contributed by atoms with Crippen LogP contribution in [0.1, 0.15) is 51.0 Å². The summed E-state index contributed by atoms with van der Waals surface area (Å²) in [5.41, 5.74) is -1.87. The molecule has 1 aliphatic rings. The molecular formula is C22H23F4N3O4. The van der Waals surface area contributed by atoms with Crippen molar-refractivity contribution in [2.24, 2.45) is 0 Å². The summed E-state index contributed by atoms with van der Waals surface area (Å²) in [6.45, 7) is 2.46. The monoisotopic (exact) mass is 469 g/mol. The van der Waals surface area contributed by atoms with Gasteiger partial charge in [-0.25, -0.2) is 4.39 Å². The van der Waals surface area contributed by atoms with Gasteiger partial charge in [-0.1, -0.05) is 0 Å². The van der Waals surface area contributed by atoms with Gasteiger partial charge in [-0.15, -0.1) is 0 Å². The summed E-state index contributed by atoms with van der Waals surface area (Å²) in [5, 5.41) is 13.4. The second-order valence-electron chi connectivity index (χ2n) is 8.24. The van der Waals surface area contributed by atoms with E-state index in [9.17, 15) is 31.9 Å². The van der Waals surface area contributed by atoms with Crippen molar-refractivity contribution in [2.45, 2.75) is 51.9 Å². The number of fused-ring (bicyclic) bond motifs is 1. The average Bonchev–Trinajstić information content (AvgIpc) is 3.28. The van der Waals surface area contributed by atoms with E-state index in [1.165, 1.54) is 32.0 Å². The number of hydrogen-bond acceptors (Lipinski definition) is 4. The van der Waals surface area contributed by atoms with Gasteiger partial charge in [0.1, 0.15) is 11.5 Å². The number of carbonyl (C=O) groups is 3. The Hall–Kier alpha value is -3.21. The Morgan fingerprint density at radius 3 is 2.42 bits per heavy atom. The quantitative estimate of drug-likeness (QED) is 0.344. The number of anilines is 1. The van der Waals surface area contributed by atoms with E-state index >= 15 is 0 Å². The maximum absolute atomic E-state index is 13.5. The van der Waals surface area contributed by atoms with Gasteiger partial charge in [0, 0.05) is 17.9 Å². The summed E-state index contributed by atoms with van der Waals surface area (Å²) in [4.78, 5) is 38.3. The Morgan fingerprint density at radius 1 is 1.18 bits per heavy atom. The van der Waals surface area contributed by atoms with Crippen LogP contribution in [0.15, 0.2) is 18.2 Å². The third kappa shape index (κ3) is 4.37. The van der Waals surface area contributed by atoms with E-state index in [0.717, 1.165) is 0 Å². The van der Waals surface area contributed by atoms with Crippen LogP contribution >= 0.6 is 0 Å². The van der Waals surface area contributed by atoms with E-state index in [1.807, 2.05) is 0 Å². The SMILES string of the molecule is Cc1cc(NC(=O)c2c(C)c(C(=O)C(=O)N[C@](C)(CO)C(F)(F)F)c3n2CCC3)ccc1F. The van der Waals surface area contributed by atoms with Crippen molar-refractivity contribution in [3.63, 3.8) is 0 Å². The van der Waals surface area contributed by atoms with Crippen LogP contribution < -0.4 is 10.6 Å². The summed E-state index contributed by atoms with van der Waals surface area (Å²) in [7, 11) is 0. The number of aryl methyl sites for hydroxylation is 1. The number of aliphatic hydroxyl groups excluding tert-OH is 1. The van der Waals surface area contributed by atoms with E-state index < -0.39 is 41.7 Å². The van der Waals surface area contributed by atoms with Crippen LogP contribution in [0.4, 0.5) is 23.2 Å². The van der Waals surface area contributed by atoms with E-state index in [-0.39, 0.29) is 16.8 Å². The van der Waals surface area contributed by atoms with E-state index in [4.69, 9.17) is 5.11 Å². The third-order valence-corrected chi connectivity index (χ3v) is 5.81. The number of aromatic nitrogens is 1. The summed E-state index contributed by atoms with van der Waals surface area (Å²) in [5.74, 6) is -3.80. The third-order valence-electron chi connectivity index (χ3n) is 5.81. The molecule has 33 heavy (non-hydrogen) atoms. The molecule has 1 aromatic heterocycles. The van der Waals surface area contributed by atoms with Gasteiger partial charge in [0.2, 0.25) is 0 Å². The van der Waals surface area contributed by atoms with Crippen molar-refractivity contribution in [3.8, 4) is 0 Å². The molecule has 0 saturated carbocycles. The van der Waals surface area contributed by atoms with Gasteiger partial charge >= 0.3 is 6.18 Å². The van der Waals surface area contributed by atoms with Gasteiger partial charge in [-0.3, -0.25) is 14.4 Å². The summed E-state index contributed by atoms with van der Waals surface area (Å²) < 4.78 is 54.8. The lowest BCUT2D eigenvalue weighted by molar-refractivity contribution is -0.201. The number of rotatable bonds is 6. The minimum atomic E-state index is -4.99. The normalized spacial score (nSPS) is 15.0. The second kappa shape index (κ2) is 8.62. The predicted molar refractivity (Wildman–Crippen MR) is 111 cm³/mol. The number of nitrogens with zero attached hydrogens (tertiary/aromatic N) is 1. The lowest BCUT2D eigenvalue weighted by Gasteiger charge is -2.30. The molecule has 0 radical (unpaired) electrons. The van der Waals surface area contributed by atoms with Crippen molar-refractivity contribution < 1.29 is 37.1 Å². The molecule has 1 aliphatic heterocycles. The molecule has 0 bridgehead atoms. The molecule has 3 rings (SSSR count). The molecule has 11 heteroatoms. The average molecular weight is 469 g/mol. The highest BCUT2D eigenvalue weighted by Gasteiger charge is 2.52. The number of carbonyl (C=O) groups excluding carboxylic acids is 3. The maximum Gasteiger partial charge on any atom is 0.413 e. The molecule has 7 nitrogen and oxygen atoms in total. The smallest absolute Gasteiger partial charge is 0.394 e. The van der Waals surface area contributed by atoms with Gasteiger partial charge in [-0.05, 0) is 62.9 Å². The van der Waals surface area contributed by atoms with E-state index in [2.05, 4.69) is 5.32 Å². The van der Waals surface area contributed by atoms with Crippen molar-refractivity contribution in [1.29, 1.82) is 0 Å². The molecular weight excluding hydrogens is 446 g/mol. The highest BCUT2D eigenvalue weighted by molar-refractivity contribution is 6.44. The first-order chi connectivity index (χ1) is 15.3. The number of amides is 2. The first-order valence-corrected chi connectivity index (χ1v) is 10.1. The maximum atomic E-state index is 13.5. The molecule has 0 unspecified atom stereocenters. The zero-order valence-electron chi connectivity index (χ0n) is 18.2. The molecule has 1 aromatic carbocycles. The molecule has 1 atom stereocenters. The van der Waals surface area contributed by atoms with Crippen LogP contribution in [0.5, 0.6) is 0 Å². The first kappa shape index (κ1) is 24.4. The number of Topliss-reactive ketones (excluding diaryl/α,β-unsaturated/α-hetero) is 1. The lowest BCUT2D eigenvalue weighted by atomic mass is 9.99. The largest absolute Gasteiger partial charge is 0.413 e. The Morgan fingerprint density at radius 2 is 1.85 bits per heavy atom. The Balaban J connectivity index is 1.94. The Labute approximate surface area is 186 Å². The fourth-order valence-electron chi connectivity index (χ4n) is 3.85. The first-order valence-electron chi connectivity index (χ1n) is 10.1. The van der Waals surface area contributed by atoms with Crippen LogP contribution in [0.25, 0.3) is 0 Å².